The van der Waals surface area contributed by atoms with Crippen molar-refractivity contribution in [3.63, 3.8) is 0 Å². The second kappa shape index (κ2) is 9.09. The smallest absolute Gasteiger partial charge is 0.409 e. The number of amides is 2. The van der Waals surface area contributed by atoms with Gasteiger partial charge in [0.25, 0.3) is 0 Å². The fourth-order valence-electron chi connectivity index (χ4n) is 4.05. The topological polar surface area (TPSA) is 66.0 Å². The van der Waals surface area contributed by atoms with Gasteiger partial charge in [0.2, 0.25) is 5.91 Å². The maximum absolute atomic E-state index is 12.7. The van der Waals surface area contributed by atoms with E-state index in [9.17, 15) is 9.59 Å². The molecule has 4 rings (SSSR count). The number of carbonyl (C=O) groups excluding carboxylic acids is 2. The summed E-state index contributed by atoms with van der Waals surface area (Å²) in [5, 5.41) is 1.23. The summed E-state index contributed by atoms with van der Waals surface area (Å²) in [6.45, 7) is 6.76. The number of thiazole rings is 1. The number of nitrogens with zero attached hydrogens (tertiary/aromatic N) is 4. The Hall–Kier alpha value is -2.19. The molecule has 1 aromatic heterocycles. The summed E-state index contributed by atoms with van der Waals surface area (Å²) >= 11 is 1.80. The molecule has 2 aliphatic heterocycles. The van der Waals surface area contributed by atoms with Gasteiger partial charge in [-0.2, -0.15) is 0 Å². The van der Waals surface area contributed by atoms with Crippen LogP contribution in [0, 0.1) is 0 Å². The van der Waals surface area contributed by atoms with E-state index in [0.717, 1.165) is 31.4 Å². The van der Waals surface area contributed by atoms with Gasteiger partial charge in [0.15, 0.2) is 0 Å². The van der Waals surface area contributed by atoms with Crippen LogP contribution in [0.4, 0.5) is 4.79 Å². The Labute approximate surface area is 175 Å². The molecule has 0 unspecified atom stereocenters. The molecule has 2 aliphatic rings. The summed E-state index contributed by atoms with van der Waals surface area (Å²) < 4.78 is 6.29. The Morgan fingerprint density at radius 1 is 1.07 bits per heavy atom. The third-order valence-corrected chi connectivity index (χ3v) is 6.96. The number of para-hydroxylation sites is 1. The van der Waals surface area contributed by atoms with Crippen molar-refractivity contribution in [3.05, 3.63) is 29.3 Å². The minimum atomic E-state index is -0.281. The summed E-state index contributed by atoms with van der Waals surface area (Å²) in [6, 6.07) is 8.30. The second-order valence-electron chi connectivity index (χ2n) is 7.64. The van der Waals surface area contributed by atoms with Gasteiger partial charge in [-0.15, -0.1) is 11.3 Å². The first-order chi connectivity index (χ1) is 14.1. The molecular weight excluding hydrogens is 388 g/mol. The lowest BCUT2D eigenvalue weighted by molar-refractivity contribution is -0.134. The van der Waals surface area contributed by atoms with Crippen LogP contribution in [-0.2, 0) is 9.53 Å². The van der Waals surface area contributed by atoms with E-state index in [1.165, 1.54) is 9.71 Å². The van der Waals surface area contributed by atoms with Crippen LogP contribution in [-0.4, -0.2) is 84.1 Å². The van der Waals surface area contributed by atoms with Gasteiger partial charge in [0.05, 0.1) is 28.4 Å². The minimum absolute atomic E-state index is 0.159. The van der Waals surface area contributed by atoms with Crippen LogP contribution in [0.1, 0.15) is 30.7 Å². The monoisotopic (exact) mass is 416 g/mol. The number of carbonyl (C=O) groups is 2. The number of piperidine rings is 1. The van der Waals surface area contributed by atoms with E-state index < -0.39 is 0 Å². The maximum Gasteiger partial charge on any atom is 0.409 e. The van der Waals surface area contributed by atoms with Crippen LogP contribution in [0.25, 0.3) is 10.2 Å². The summed E-state index contributed by atoms with van der Waals surface area (Å²) in [5.41, 5.74) is 1.09. The summed E-state index contributed by atoms with van der Waals surface area (Å²) in [6.07, 6.45) is 1.81. The van der Waals surface area contributed by atoms with Crippen molar-refractivity contribution in [2.45, 2.75) is 25.7 Å². The lowest BCUT2D eigenvalue weighted by Crippen LogP contribution is -2.53. The first-order valence-electron chi connectivity index (χ1n) is 10.4. The summed E-state index contributed by atoms with van der Waals surface area (Å²) in [5.74, 6) is 0.652. The van der Waals surface area contributed by atoms with Gasteiger partial charge in [0.1, 0.15) is 0 Å². The highest BCUT2D eigenvalue weighted by molar-refractivity contribution is 7.18. The molecule has 0 spiro atoms. The van der Waals surface area contributed by atoms with E-state index in [1.807, 2.05) is 11.0 Å². The molecule has 0 atom stereocenters. The lowest BCUT2D eigenvalue weighted by atomic mass is 9.97. The van der Waals surface area contributed by atoms with E-state index in [2.05, 4.69) is 23.1 Å². The predicted octanol–water partition coefficient (Wildman–Crippen LogP) is 2.78. The van der Waals surface area contributed by atoms with E-state index in [1.54, 1.807) is 23.2 Å². The molecule has 156 valence electrons. The molecule has 29 heavy (non-hydrogen) atoms. The first-order valence-corrected chi connectivity index (χ1v) is 11.2. The van der Waals surface area contributed by atoms with Crippen LogP contribution >= 0.6 is 11.3 Å². The van der Waals surface area contributed by atoms with Crippen LogP contribution in [0.15, 0.2) is 24.3 Å². The van der Waals surface area contributed by atoms with Gasteiger partial charge < -0.3 is 14.5 Å². The van der Waals surface area contributed by atoms with Crippen LogP contribution in [0.5, 0.6) is 0 Å². The highest BCUT2D eigenvalue weighted by Gasteiger charge is 2.28. The largest absolute Gasteiger partial charge is 0.450 e. The van der Waals surface area contributed by atoms with Gasteiger partial charge in [-0.25, -0.2) is 9.78 Å². The van der Waals surface area contributed by atoms with Gasteiger partial charge >= 0.3 is 6.09 Å². The van der Waals surface area contributed by atoms with Gasteiger partial charge in [-0.05, 0) is 45.0 Å². The highest BCUT2D eigenvalue weighted by atomic mass is 32.1. The number of likely N-dealkylation sites (tertiary alicyclic amines) is 1. The highest BCUT2D eigenvalue weighted by Crippen LogP contribution is 2.33. The van der Waals surface area contributed by atoms with E-state index in [0.29, 0.717) is 45.2 Å². The number of hydrogen-bond acceptors (Lipinski definition) is 6. The molecule has 0 N–H and O–H groups in total. The molecular formula is C21H28N4O3S. The lowest BCUT2D eigenvalue weighted by Gasteiger charge is -2.36. The quantitative estimate of drug-likeness (QED) is 0.767. The zero-order chi connectivity index (χ0) is 20.2. The summed E-state index contributed by atoms with van der Waals surface area (Å²) in [7, 11) is 0. The Kier molecular flexibility index (Phi) is 6.30. The number of benzene rings is 1. The molecule has 3 heterocycles. The third kappa shape index (κ3) is 4.70. The molecule has 0 bridgehead atoms. The first kappa shape index (κ1) is 20.1. The number of aromatic nitrogens is 1. The van der Waals surface area contributed by atoms with Crippen molar-refractivity contribution in [1.29, 1.82) is 0 Å². The maximum atomic E-state index is 12.7. The van der Waals surface area contributed by atoms with Crippen molar-refractivity contribution < 1.29 is 14.3 Å². The van der Waals surface area contributed by atoms with E-state index in [4.69, 9.17) is 9.72 Å². The predicted molar refractivity (Wildman–Crippen MR) is 113 cm³/mol. The van der Waals surface area contributed by atoms with Crippen molar-refractivity contribution in [1.82, 2.24) is 19.7 Å². The van der Waals surface area contributed by atoms with Crippen LogP contribution < -0.4 is 0 Å². The van der Waals surface area contributed by atoms with Crippen LogP contribution in [0.2, 0.25) is 0 Å². The van der Waals surface area contributed by atoms with E-state index >= 15 is 0 Å². The molecule has 0 aliphatic carbocycles. The van der Waals surface area contributed by atoms with Crippen LogP contribution in [0.3, 0.4) is 0 Å². The molecule has 2 amide bonds. The number of piperazine rings is 1. The Bertz CT molecular complexity index is 821. The molecule has 2 saturated heterocycles. The van der Waals surface area contributed by atoms with E-state index in [-0.39, 0.29) is 12.0 Å². The molecule has 2 fully saturated rings. The average Bonchev–Trinajstić information content (AvgIpc) is 3.19. The number of rotatable bonds is 4. The van der Waals surface area contributed by atoms with Crippen molar-refractivity contribution >= 4 is 33.6 Å². The number of fused-ring (bicyclic) bond motifs is 1. The average molecular weight is 417 g/mol. The number of hydrogen-bond donors (Lipinski definition) is 0. The van der Waals surface area contributed by atoms with Crippen molar-refractivity contribution in [3.8, 4) is 0 Å². The van der Waals surface area contributed by atoms with Crippen molar-refractivity contribution in [2.24, 2.45) is 0 Å². The SMILES string of the molecule is CCOC(=O)N1CCN(C(=O)CN2CCC(c3nc4ccccc4s3)CC2)CC1. The molecule has 1 aromatic carbocycles. The molecule has 0 radical (unpaired) electrons. The standard InChI is InChI=1S/C21H28N4O3S/c1-2-28-21(27)25-13-11-24(12-14-25)19(26)15-23-9-7-16(8-10-23)20-22-17-5-3-4-6-18(17)29-20/h3-6,16H,2,7-15H2,1H3. The minimum Gasteiger partial charge on any atom is -0.450 e. The zero-order valence-electron chi connectivity index (χ0n) is 16.9. The van der Waals surface area contributed by atoms with Gasteiger partial charge in [-0.3, -0.25) is 9.69 Å². The fourth-order valence-corrected chi connectivity index (χ4v) is 5.18. The van der Waals surface area contributed by atoms with Gasteiger partial charge in [0, 0.05) is 32.1 Å². The zero-order valence-corrected chi connectivity index (χ0v) is 17.7. The Balaban J connectivity index is 1.23. The Morgan fingerprint density at radius 2 is 1.76 bits per heavy atom. The molecule has 2 aromatic rings. The normalized spacial score (nSPS) is 18.9. The fraction of sp³-hybridized carbons (Fsp3) is 0.571. The molecule has 0 saturated carbocycles. The third-order valence-electron chi connectivity index (χ3n) is 5.76. The molecule has 7 nitrogen and oxygen atoms in total. The van der Waals surface area contributed by atoms with Crippen molar-refractivity contribution in [2.75, 3.05) is 52.4 Å². The summed E-state index contributed by atoms with van der Waals surface area (Å²) in [4.78, 5) is 35.1. The second-order valence-corrected chi connectivity index (χ2v) is 8.70. The Morgan fingerprint density at radius 3 is 2.45 bits per heavy atom. The number of ether oxygens (including phenoxy) is 1. The molecule has 8 heteroatoms. The van der Waals surface area contributed by atoms with Gasteiger partial charge in [-0.1, -0.05) is 12.1 Å².